The van der Waals surface area contributed by atoms with Gasteiger partial charge in [-0.3, -0.25) is 4.79 Å². The molecule has 2 heterocycles. The van der Waals surface area contributed by atoms with Gasteiger partial charge in [0.15, 0.2) is 0 Å². The Hall–Kier alpha value is -2.42. The monoisotopic (exact) mass is 416 g/mol. The number of amides is 1. The molecule has 0 N–H and O–H groups in total. The number of morpholine rings is 2. The number of rotatable bonds is 4. The van der Waals surface area contributed by atoms with Gasteiger partial charge in [0.25, 0.3) is 5.91 Å². The number of carbonyl (C=O) groups excluding carboxylic acids is 1. The quantitative estimate of drug-likeness (QED) is 0.761. The molecule has 2 aliphatic heterocycles. The Morgan fingerprint density at radius 1 is 1.03 bits per heavy atom. The van der Waals surface area contributed by atoms with Crippen LogP contribution in [0, 0.1) is 6.92 Å². The number of carbonyl (C=O) groups is 1. The fourth-order valence-electron chi connectivity index (χ4n) is 3.88. The van der Waals surface area contributed by atoms with Crippen LogP contribution in [0.1, 0.15) is 15.9 Å². The second-order valence-corrected chi connectivity index (χ2v) is 9.40. The van der Waals surface area contributed by atoms with E-state index in [1.54, 1.807) is 54.5 Å². The molecule has 154 valence electrons. The largest absolute Gasteiger partial charge is 0.497 e. The van der Waals surface area contributed by atoms with Gasteiger partial charge in [-0.1, -0.05) is 18.2 Å². The first kappa shape index (κ1) is 19.9. The number of sulfonamides is 1. The molecule has 0 saturated carbocycles. The Kier molecular flexibility index (Phi) is 5.33. The molecule has 2 aliphatic rings. The third-order valence-electron chi connectivity index (χ3n) is 5.28. The first-order chi connectivity index (χ1) is 13.9. The van der Waals surface area contributed by atoms with Crippen molar-refractivity contribution < 1.29 is 22.7 Å². The van der Waals surface area contributed by atoms with Crippen LogP contribution in [-0.2, 0) is 14.8 Å². The molecule has 2 aromatic rings. The topological polar surface area (TPSA) is 76.2 Å². The van der Waals surface area contributed by atoms with Gasteiger partial charge in [0, 0.05) is 31.7 Å². The van der Waals surface area contributed by atoms with Gasteiger partial charge < -0.3 is 14.4 Å². The van der Waals surface area contributed by atoms with Crippen molar-refractivity contribution in [3.8, 4) is 5.75 Å². The number of nitrogens with zero attached hydrogens (tertiary/aromatic N) is 2. The minimum atomic E-state index is -3.59. The molecule has 2 unspecified atom stereocenters. The summed E-state index contributed by atoms with van der Waals surface area (Å²) in [6, 6.07) is 14.0. The highest BCUT2D eigenvalue weighted by Gasteiger charge is 2.41. The summed E-state index contributed by atoms with van der Waals surface area (Å²) in [4.78, 5) is 15.0. The predicted octanol–water partition coefficient (Wildman–Crippen LogP) is 1.92. The first-order valence-corrected chi connectivity index (χ1v) is 11.0. The third-order valence-corrected chi connectivity index (χ3v) is 7.11. The summed E-state index contributed by atoms with van der Waals surface area (Å²) in [6.45, 7) is 3.04. The van der Waals surface area contributed by atoms with Crippen LogP contribution >= 0.6 is 0 Å². The zero-order valence-electron chi connectivity index (χ0n) is 16.4. The Balaban J connectivity index is 1.49. The van der Waals surface area contributed by atoms with Crippen LogP contribution in [-0.4, -0.2) is 69.0 Å². The maximum atomic E-state index is 13.1. The van der Waals surface area contributed by atoms with Crippen molar-refractivity contribution in [2.75, 3.05) is 33.3 Å². The van der Waals surface area contributed by atoms with Gasteiger partial charge in [-0.2, -0.15) is 4.31 Å². The molecular weight excluding hydrogens is 392 g/mol. The summed E-state index contributed by atoms with van der Waals surface area (Å²) in [5.41, 5.74) is 1.45. The van der Waals surface area contributed by atoms with E-state index in [2.05, 4.69) is 0 Å². The molecule has 29 heavy (non-hydrogen) atoms. The number of fused-ring (bicyclic) bond motifs is 2. The molecule has 4 rings (SSSR count). The molecule has 2 atom stereocenters. The van der Waals surface area contributed by atoms with Crippen LogP contribution in [0.25, 0.3) is 0 Å². The summed E-state index contributed by atoms with van der Waals surface area (Å²) in [6.07, 6.45) is -0.701. The van der Waals surface area contributed by atoms with E-state index in [-0.39, 0.29) is 31.2 Å². The van der Waals surface area contributed by atoms with Crippen molar-refractivity contribution in [2.24, 2.45) is 0 Å². The number of hydrogen-bond acceptors (Lipinski definition) is 5. The molecule has 2 saturated heterocycles. The highest BCUT2D eigenvalue weighted by molar-refractivity contribution is 7.89. The average molecular weight is 416 g/mol. The third kappa shape index (κ3) is 4.01. The Labute approximate surface area is 170 Å². The van der Waals surface area contributed by atoms with E-state index in [1.165, 1.54) is 4.31 Å². The summed E-state index contributed by atoms with van der Waals surface area (Å²) >= 11 is 0. The zero-order valence-corrected chi connectivity index (χ0v) is 17.3. The second kappa shape index (κ2) is 7.78. The molecule has 2 fully saturated rings. The summed E-state index contributed by atoms with van der Waals surface area (Å²) in [5.74, 6) is 0.525. The molecule has 2 aromatic carbocycles. The lowest BCUT2D eigenvalue weighted by Crippen LogP contribution is -2.61. The van der Waals surface area contributed by atoms with Gasteiger partial charge in [0.2, 0.25) is 10.0 Å². The van der Waals surface area contributed by atoms with Gasteiger partial charge in [0.05, 0.1) is 24.2 Å². The smallest absolute Gasteiger partial charge is 0.254 e. The summed E-state index contributed by atoms with van der Waals surface area (Å²) in [7, 11) is -2.03. The van der Waals surface area contributed by atoms with Crippen molar-refractivity contribution in [2.45, 2.75) is 24.0 Å². The van der Waals surface area contributed by atoms with E-state index < -0.39 is 10.0 Å². The number of methoxy groups -OCH3 is 1. The van der Waals surface area contributed by atoms with Crippen molar-refractivity contribution in [3.05, 3.63) is 59.7 Å². The van der Waals surface area contributed by atoms with Crippen LogP contribution < -0.4 is 4.74 Å². The van der Waals surface area contributed by atoms with Crippen molar-refractivity contribution >= 4 is 15.9 Å². The van der Waals surface area contributed by atoms with E-state index in [0.717, 1.165) is 5.56 Å². The maximum Gasteiger partial charge on any atom is 0.254 e. The van der Waals surface area contributed by atoms with Gasteiger partial charge in [0.1, 0.15) is 5.75 Å². The van der Waals surface area contributed by atoms with Gasteiger partial charge in [-0.05, 0) is 42.8 Å². The van der Waals surface area contributed by atoms with Gasteiger partial charge >= 0.3 is 0 Å². The van der Waals surface area contributed by atoms with Gasteiger partial charge in [-0.15, -0.1) is 0 Å². The van der Waals surface area contributed by atoms with Crippen LogP contribution in [0.5, 0.6) is 5.75 Å². The number of aryl methyl sites for hydroxylation is 1. The molecule has 7 nitrogen and oxygen atoms in total. The molecule has 0 aliphatic carbocycles. The molecular formula is C21H24N2O5S. The van der Waals surface area contributed by atoms with Crippen LogP contribution in [0.3, 0.4) is 0 Å². The highest BCUT2D eigenvalue weighted by atomic mass is 32.2. The minimum Gasteiger partial charge on any atom is -0.497 e. The van der Waals surface area contributed by atoms with E-state index in [9.17, 15) is 13.2 Å². The lowest BCUT2D eigenvalue weighted by atomic mass is 10.1. The average Bonchev–Trinajstić information content (AvgIpc) is 2.72. The fourth-order valence-corrected chi connectivity index (χ4v) is 5.49. The van der Waals surface area contributed by atoms with E-state index >= 15 is 0 Å². The van der Waals surface area contributed by atoms with E-state index in [0.29, 0.717) is 29.3 Å². The lowest BCUT2D eigenvalue weighted by molar-refractivity contribution is -0.113. The molecule has 0 radical (unpaired) electrons. The molecule has 0 spiro atoms. The second-order valence-electron chi connectivity index (χ2n) is 7.46. The molecule has 2 bridgehead atoms. The number of benzene rings is 2. The summed E-state index contributed by atoms with van der Waals surface area (Å²) < 4.78 is 38.7. The summed E-state index contributed by atoms with van der Waals surface area (Å²) in [5, 5.41) is 0. The van der Waals surface area contributed by atoms with Crippen molar-refractivity contribution in [3.63, 3.8) is 0 Å². The SMILES string of the molecule is COc1cccc(C(=O)N2CC3CN(S(=O)(=O)c4cccc(C)c4)CC(C2)O3)c1. The normalized spacial score (nSPS) is 22.3. The van der Waals surface area contributed by atoms with Crippen LogP contribution in [0.2, 0.25) is 0 Å². The lowest BCUT2D eigenvalue weighted by Gasteiger charge is -2.45. The fraction of sp³-hybridized carbons (Fsp3) is 0.381. The minimum absolute atomic E-state index is 0.0998. The Morgan fingerprint density at radius 2 is 1.72 bits per heavy atom. The van der Waals surface area contributed by atoms with Crippen LogP contribution in [0.4, 0.5) is 0 Å². The molecule has 8 heteroatoms. The maximum absolute atomic E-state index is 13.1. The number of ether oxygens (including phenoxy) is 2. The predicted molar refractivity (Wildman–Crippen MR) is 107 cm³/mol. The van der Waals surface area contributed by atoms with E-state index in [4.69, 9.17) is 9.47 Å². The Bertz CT molecular complexity index is 1010. The van der Waals surface area contributed by atoms with Crippen LogP contribution in [0.15, 0.2) is 53.4 Å². The van der Waals surface area contributed by atoms with Crippen molar-refractivity contribution in [1.29, 1.82) is 0 Å². The number of hydrogen-bond donors (Lipinski definition) is 0. The van der Waals surface area contributed by atoms with Gasteiger partial charge in [-0.25, -0.2) is 8.42 Å². The van der Waals surface area contributed by atoms with E-state index in [1.807, 2.05) is 13.0 Å². The zero-order chi connectivity index (χ0) is 20.6. The molecule has 0 aromatic heterocycles. The first-order valence-electron chi connectivity index (χ1n) is 9.52. The standard InChI is InChI=1S/C21H24N2O5S/c1-15-5-3-8-20(9-15)29(25,26)23-13-18-11-22(12-19(14-23)28-18)21(24)16-6-4-7-17(10-16)27-2/h3-10,18-19H,11-14H2,1-2H3. The Morgan fingerprint density at radius 3 is 2.38 bits per heavy atom. The van der Waals surface area contributed by atoms with Crippen molar-refractivity contribution in [1.82, 2.24) is 9.21 Å². The highest BCUT2D eigenvalue weighted by Crippen LogP contribution is 2.26. The molecule has 1 amide bonds.